The van der Waals surface area contributed by atoms with Crippen LogP contribution < -0.4 is 17.1 Å². The maximum absolute atomic E-state index is 13.3. The van der Waals surface area contributed by atoms with Gasteiger partial charge in [-0.2, -0.15) is 0 Å². The Kier molecular flexibility index (Phi) is 16.9. The van der Waals surface area contributed by atoms with Gasteiger partial charge >= 0.3 is 32.8 Å². The summed E-state index contributed by atoms with van der Waals surface area (Å²) in [7, 11) is 0. The Bertz CT molecular complexity index is 1350. The van der Waals surface area contributed by atoms with E-state index in [4.69, 9.17) is 63.4 Å². The first-order valence-corrected chi connectivity index (χ1v) is 19.6. The van der Waals surface area contributed by atoms with Crippen LogP contribution in [0.2, 0.25) is 0 Å². The minimum absolute atomic E-state index is 0.117. The van der Waals surface area contributed by atoms with E-state index in [9.17, 15) is 14.4 Å². The predicted molar refractivity (Wildman–Crippen MR) is 201 cm³/mol. The Balaban J connectivity index is 1.33. The van der Waals surface area contributed by atoms with E-state index >= 15 is 0 Å². The van der Waals surface area contributed by atoms with Gasteiger partial charge in [0, 0.05) is 36.7 Å². The second-order valence-corrected chi connectivity index (χ2v) is 14.0. The van der Waals surface area contributed by atoms with Crippen LogP contribution in [0, 0.1) is 0 Å². The van der Waals surface area contributed by atoms with Gasteiger partial charge in [0.2, 0.25) is 0 Å². The van der Waals surface area contributed by atoms with Gasteiger partial charge in [0.15, 0.2) is 0 Å². The molecule has 3 aliphatic carbocycles. The van der Waals surface area contributed by atoms with Crippen LogP contribution in [0.4, 0.5) is 0 Å². The largest absolute Gasteiger partial charge is 0.454 e. The molecule has 3 aliphatic rings. The summed E-state index contributed by atoms with van der Waals surface area (Å²) < 4.78 is 35.2. The fourth-order valence-electron chi connectivity index (χ4n) is 5.05. The van der Waals surface area contributed by atoms with Crippen molar-refractivity contribution in [3.05, 3.63) is 66.4 Å². The maximum Gasteiger partial charge on any atom is 0.364 e. The molecule has 1 heterocycles. The number of allylic oxidation sites excluding steroid dienone is 3. The molecular formula is C30H39N3O9S6. The third kappa shape index (κ3) is 12.9. The van der Waals surface area contributed by atoms with Gasteiger partial charge in [0.1, 0.15) is 19.8 Å². The normalized spacial score (nSPS) is 15.4. The standard InChI is InChI=1S/C30H39N3O9S6/c34-25-31(13-16-37-28(43)40-46-19-22-7-1-2-8-22)26(35)33(15-18-39-30(45)42-48-21-24-11-5-6-12-24)27(36)32(25)14-17-38-29(44)41-47-20-23-9-3-4-10-23/h7,9,11H,1-6,8,10,12-21H2. The summed E-state index contributed by atoms with van der Waals surface area (Å²) in [5, 5.41) is -0.352. The number of aromatic nitrogens is 3. The fraction of sp³-hybridized carbons (Fsp3) is 0.600. The van der Waals surface area contributed by atoms with Crippen LogP contribution >= 0.6 is 72.8 Å². The van der Waals surface area contributed by atoms with Crippen LogP contribution in [0.15, 0.2) is 49.3 Å². The minimum Gasteiger partial charge on any atom is -0.454 e. The number of hydrogen-bond donors (Lipinski definition) is 0. The molecule has 1 aromatic rings. The van der Waals surface area contributed by atoms with Crippen molar-refractivity contribution in [2.45, 2.75) is 77.4 Å². The number of nitrogens with zero attached hydrogens (tertiary/aromatic N) is 3. The summed E-state index contributed by atoms with van der Waals surface area (Å²) in [4.78, 5) is 40.0. The van der Waals surface area contributed by atoms with Crippen LogP contribution in [-0.4, -0.2) is 66.5 Å². The number of hydrogen-bond acceptors (Lipinski definition) is 15. The first-order chi connectivity index (χ1) is 23.3. The van der Waals surface area contributed by atoms with Crippen molar-refractivity contribution in [2.75, 3.05) is 37.1 Å². The highest BCUT2D eigenvalue weighted by Gasteiger charge is 2.18. The van der Waals surface area contributed by atoms with Crippen molar-refractivity contribution in [1.82, 2.24) is 13.7 Å². The van der Waals surface area contributed by atoms with Gasteiger partial charge in [-0.3, -0.25) is 0 Å². The van der Waals surface area contributed by atoms with Crippen molar-refractivity contribution >= 4 is 88.5 Å². The molecule has 12 nitrogen and oxygen atoms in total. The Labute approximate surface area is 308 Å². The van der Waals surface area contributed by atoms with Gasteiger partial charge < -0.3 is 26.8 Å². The average molecular weight is 778 g/mol. The van der Waals surface area contributed by atoms with E-state index in [-0.39, 0.29) is 55.2 Å². The molecule has 18 heteroatoms. The highest BCUT2D eigenvalue weighted by molar-refractivity contribution is 7.96. The van der Waals surface area contributed by atoms with E-state index in [1.165, 1.54) is 52.8 Å². The SMILES string of the molecule is O=c1n(CCOC(=S)OSCC2=CCCC2)c(=O)n(CCOC(=S)OSCC2=CCCC2)c(=O)n1CCOC(=S)OSCC1=CCCC1. The molecule has 48 heavy (non-hydrogen) atoms. The van der Waals surface area contributed by atoms with E-state index in [0.717, 1.165) is 71.5 Å². The van der Waals surface area contributed by atoms with E-state index in [1.807, 2.05) is 0 Å². The molecule has 0 radical (unpaired) electrons. The second-order valence-electron chi connectivity index (χ2n) is 10.9. The van der Waals surface area contributed by atoms with Crippen molar-refractivity contribution in [2.24, 2.45) is 0 Å². The van der Waals surface area contributed by atoms with E-state index in [1.54, 1.807) is 0 Å². The molecular weight excluding hydrogens is 739 g/mol. The third-order valence-corrected chi connectivity index (χ3v) is 10.7. The summed E-state index contributed by atoms with van der Waals surface area (Å²) in [6, 6.07) is 0. The Morgan fingerprint density at radius 2 is 0.833 bits per heavy atom. The molecule has 4 rings (SSSR count). The average Bonchev–Trinajstić information content (AvgIpc) is 3.88. The van der Waals surface area contributed by atoms with Crippen LogP contribution in [0.5, 0.6) is 0 Å². The maximum atomic E-state index is 13.3. The zero-order valence-corrected chi connectivity index (χ0v) is 31.3. The highest BCUT2D eigenvalue weighted by atomic mass is 32.2. The van der Waals surface area contributed by atoms with Crippen LogP contribution in [-0.2, 0) is 46.4 Å². The first-order valence-electron chi connectivity index (χ1n) is 15.7. The fourth-order valence-corrected chi connectivity index (χ4v) is 7.59. The molecule has 0 bridgehead atoms. The molecule has 1 aromatic heterocycles. The zero-order valence-electron chi connectivity index (χ0n) is 26.4. The molecule has 0 fully saturated rings. The molecule has 0 spiro atoms. The zero-order chi connectivity index (χ0) is 34.1. The summed E-state index contributed by atoms with van der Waals surface area (Å²) in [6.45, 7) is -0.998. The topological polar surface area (TPSA) is 121 Å². The lowest BCUT2D eigenvalue weighted by molar-refractivity contribution is 0.218. The monoisotopic (exact) mass is 777 g/mol. The Hall–Kier alpha value is -2.25. The predicted octanol–water partition coefficient (Wildman–Crippen LogP) is 5.40. The second kappa shape index (κ2) is 21.1. The molecule has 0 aliphatic heterocycles. The molecule has 0 unspecified atom stereocenters. The quantitative estimate of drug-likeness (QED) is 0.107. The Morgan fingerprint density at radius 1 is 0.542 bits per heavy atom. The molecule has 264 valence electrons. The van der Waals surface area contributed by atoms with Crippen molar-refractivity contribution in [1.29, 1.82) is 0 Å². The first kappa shape index (κ1) is 38.6. The number of rotatable bonds is 18. The van der Waals surface area contributed by atoms with Crippen LogP contribution in [0.1, 0.15) is 57.8 Å². The lowest BCUT2D eigenvalue weighted by atomic mass is 10.3. The number of ether oxygens (including phenoxy) is 3. The Morgan fingerprint density at radius 3 is 1.08 bits per heavy atom. The van der Waals surface area contributed by atoms with E-state index < -0.39 is 17.1 Å². The molecule has 0 saturated carbocycles. The highest BCUT2D eigenvalue weighted by Crippen LogP contribution is 2.24. The van der Waals surface area contributed by atoms with Gasteiger partial charge in [0.05, 0.1) is 73.0 Å². The summed E-state index contributed by atoms with van der Waals surface area (Å²) in [6.07, 6.45) is 16.3. The molecule has 0 amide bonds. The van der Waals surface area contributed by atoms with Crippen LogP contribution in [0.25, 0.3) is 0 Å². The minimum atomic E-state index is -0.838. The molecule has 0 atom stereocenters. The molecule has 0 N–H and O–H groups in total. The molecule has 0 saturated heterocycles. The van der Waals surface area contributed by atoms with Gasteiger partial charge in [-0.15, -0.1) is 0 Å². The smallest absolute Gasteiger partial charge is 0.364 e. The lowest BCUT2D eigenvalue weighted by Crippen LogP contribution is -2.55. The van der Waals surface area contributed by atoms with Crippen molar-refractivity contribution in [3.8, 4) is 0 Å². The van der Waals surface area contributed by atoms with Gasteiger partial charge in [-0.25, -0.2) is 28.1 Å². The third-order valence-electron chi connectivity index (χ3n) is 7.51. The van der Waals surface area contributed by atoms with Crippen molar-refractivity contribution in [3.63, 3.8) is 0 Å². The van der Waals surface area contributed by atoms with Gasteiger partial charge in [-0.05, 0) is 57.8 Å². The van der Waals surface area contributed by atoms with Crippen LogP contribution in [0.3, 0.4) is 0 Å². The van der Waals surface area contributed by atoms with Gasteiger partial charge in [0.25, 0.3) is 0 Å². The summed E-state index contributed by atoms with van der Waals surface area (Å²) in [5.74, 6) is 2.04. The van der Waals surface area contributed by atoms with E-state index in [0.29, 0.717) is 17.3 Å². The summed E-state index contributed by atoms with van der Waals surface area (Å²) in [5.41, 5.74) is 1.38. The van der Waals surface area contributed by atoms with E-state index in [2.05, 4.69) is 18.2 Å². The summed E-state index contributed by atoms with van der Waals surface area (Å²) >= 11 is 18.9. The van der Waals surface area contributed by atoms with Gasteiger partial charge in [-0.1, -0.05) is 34.9 Å². The number of thiocarbonyl (C=S) groups is 3. The van der Waals surface area contributed by atoms with Crippen molar-refractivity contribution < 1.29 is 26.8 Å². The molecule has 0 aromatic carbocycles. The lowest BCUT2D eigenvalue weighted by Gasteiger charge is -2.15.